The number of carbonyl (C=O) groups is 2. The van der Waals surface area contributed by atoms with Crippen LogP contribution in [-0.4, -0.2) is 32.7 Å². The van der Waals surface area contributed by atoms with Crippen molar-refractivity contribution in [1.82, 2.24) is 15.3 Å². The van der Waals surface area contributed by atoms with Crippen molar-refractivity contribution in [2.24, 2.45) is 0 Å². The first-order valence-corrected chi connectivity index (χ1v) is 10.6. The van der Waals surface area contributed by atoms with E-state index in [2.05, 4.69) is 15.3 Å². The molecule has 1 atom stereocenters. The zero-order valence-corrected chi connectivity index (χ0v) is 18.6. The van der Waals surface area contributed by atoms with Crippen LogP contribution in [0.1, 0.15) is 48.8 Å². The molecule has 1 amide bonds. The minimum atomic E-state index is -1.22. The molecular formula is C25H25N3O5. The van der Waals surface area contributed by atoms with Gasteiger partial charge in [-0.25, -0.2) is 14.6 Å². The second kappa shape index (κ2) is 8.82. The van der Waals surface area contributed by atoms with Gasteiger partial charge in [-0.15, -0.1) is 0 Å². The van der Waals surface area contributed by atoms with Gasteiger partial charge in [0, 0.05) is 29.1 Å². The van der Waals surface area contributed by atoms with Gasteiger partial charge in [0.25, 0.3) is 0 Å². The number of ether oxygens (including phenoxy) is 1. The number of oxazole rings is 1. The molecule has 0 saturated carbocycles. The van der Waals surface area contributed by atoms with E-state index in [4.69, 9.17) is 9.15 Å². The third kappa shape index (κ3) is 5.06. The summed E-state index contributed by atoms with van der Waals surface area (Å²) in [5.41, 5.74) is 1.42. The highest BCUT2D eigenvalue weighted by atomic mass is 16.6. The average molecular weight is 447 g/mol. The molecule has 4 rings (SSSR count). The molecule has 33 heavy (non-hydrogen) atoms. The number of carboxylic acid groups (broad SMARTS) is 1. The Morgan fingerprint density at radius 3 is 2.52 bits per heavy atom. The van der Waals surface area contributed by atoms with Gasteiger partial charge >= 0.3 is 12.1 Å². The normalized spacial score (nSPS) is 12.5. The molecule has 0 aliphatic heterocycles. The predicted molar refractivity (Wildman–Crippen MR) is 123 cm³/mol. The van der Waals surface area contributed by atoms with E-state index in [0.29, 0.717) is 12.0 Å². The Labute approximate surface area is 190 Å². The number of carbonyl (C=O) groups excluding carboxylic acids is 1. The summed E-state index contributed by atoms with van der Waals surface area (Å²) in [4.78, 5) is 31.9. The second-order valence-electron chi connectivity index (χ2n) is 8.67. The van der Waals surface area contributed by atoms with E-state index in [1.165, 1.54) is 0 Å². The number of H-pyrrole nitrogens is 1. The summed E-state index contributed by atoms with van der Waals surface area (Å²) in [6.07, 6.45) is 1.38. The summed E-state index contributed by atoms with van der Waals surface area (Å²) in [6, 6.07) is 16.2. The molecule has 0 spiro atoms. The molecule has 8 heteroatoms. The smallest absolute Gasteiger partial charge is 0.408 e. The Bertz CT molecular complexity index is 1280. The Hall–Kier alpha value is -4.07. The minimum absolute atomic E-state index is 0.0855. The standard InChI is InChI=1S/C25H25N3O5/c1-25(2,3)33-24(31)27-19(13-15-9-5-4-6-10-15)22-28-20(23(29)30)21(32-22)17-14-26-18-12-8-7-11-16(17)18/h4-12,14,19,26H,13H2,1-3H3,(H,27,31)(H,29,30). The number of alkyl carbamates (subject to hydrolysis) is 1. The van der Waals surface area contributed by atoms with Crippen molar-refractivity contribution < 1.29 is 23.8 Å². The molecule has 4 aromatic rings. The van der Waals surface area contributed by atoms with Gasteiger partial charge in [-0.2, -0.15) is 0 Å². The number of amides is 1. The maximum Gasteiger partial charge on any atom is 0.408 e. The molecule has 1 unspecified atom stereocenters. The zero-order chi connectivity index (χ0) is 23.6. The molecule has 170 valence electrons. The average Bonchev–Trinajstić information content (AvgIpc) is 3.37. The Morgan fingerprint density at radius 1 is 1.12 bits per heavy atom. The van der Waals surface area contributed by atoms with Crippen LogP contribution in [0.5, 0.6) is 0 Å². The van der Waals surface area contributed by atoms with Crippen molar-refractivity contribution >= 4 is 23.0 Å². The first-order chi connectivity index (χ1) is 15.7. The highest BCUT2D eigenvalue weighted by molar-refractivity contribution is 6.00. The van der Waals surface area contributed by atoms with E-state index in [1.807, 2.05) is 54.6 Å². The third-order valence-corrected chi connectivity index (χ3v) is 4.95. The van der Waals surface area contributed by atoms with Crippen LogP contribution in [0.15, 0.2) is 65.2 Å². The number of nitrogens with zero attached hydrogens (tertiary/aromatic N) is 1. The van der Waals surface area contributed by atoms with Crippen molar-refractivity contribution in [3.63, 3.8) is 0 Å². The lowest BCUT2D eigenvalue weighted by Gasteiger charge is -2.22. The number of aromatic carboxylic acids is 1. The van der Waals surface area contributed by atoms with Crippen molar-refractivity contribution in [1.29, 1.82) is 0 Å². The number of rotatable bonds is 6. The van der Waals surface area contributed by atoms with E-state index < -0.39 is 23.7 Å². The number of carboxylic acids is 1. The second-order valence-corrected chi connectivity index (χ2v) is 8.67. The first kappa shape index (κ1) is 22.1. The largest absolute Gasteiger partial charge is 0.476 e. The molecule has 3 N–H and O–H groups in total. The van der Waals surface area contributed by atoms with E-state index in [1.54, 1.807) is 27.0 Å². The molecule has 0 radical (unpaired) electrons. The van der Waals surface area contributed by atoms with E-state index in [9.17, 15) is 14.7 Å². The maximum absolute atomic E-state index is 12.5. The van der Waals surface area contributed by atoms with Gasteiger partial charge in [0.1, 0.15) is 11.6 Å². The van der Waals surface area contributed by atoms with Crippen LogP contribution in [0.2, 0.25) is 0 Å². The topological polar surface area (TPSA) is 117 Å². The van der Waals surface area contributed by atoms with E-state index in [-0.39, 0.29) is 17.3 Å². The number of benzene rings is 2. The van der Waals surface area contributed by atoms with Crippen LogP contribution in [0.3, 0.4) is 0 Å². The monoisotopic (exact) mass is 447 g/mol. The Kier molecular flexibility index (Phi) is 5.91. The molecule has 0 saturated heterocycles. The highest BCUT2D eigenvalue weighted by Gasteiger charge is 2.29. The highest BCUT2D eigenvalue weighted by Crippen LogP contribution is 2.34. The van der Waals surface area contributed by atoms with Gasteiger partial charge in [0.15, 0.2) is 11.5 Å². The van der Waals surface area contributed by atoms with Crippen molar-refractivity contribution in [3.05, 3.63) is 77.9 Å². The molecule has 2 aromatic heterocycles. The molecule has 2 heterocycles. The fourth-order valence-corrected chi connectivity index (χ4v) is 3.57. The van der Waals surface area contributed by atoms with E-state index in [0.717, 1.165) is 16.5 Å². The van der Waals surface area contributed by atoms with Gasteiger partial charge in [-0.3, -0.25) is 0 Å². The Morgan fingerprint density at radius 2 is 1.82 bits per heavy atom. The van der Waals surface area contributed by atoms with Gasteiger partial charge in [-0.05, 0) is 32.4 Å². The van der Waals surface area contributed by atoms with E-state index >= 15 is 0 Å². The molecule has 8 nitrogen and oxygen atoms in total. The summed E-state index contributed by atoms with van der Waals surface area (Å²) in [5, 5.41) is 13.4. The van der Waals surface area contributed by atoms with Gasteiger partial charge in [-0.1, -0.05) is 48.5 Å². The lowest BCUT2D eigenvalue weighted by Crippen LogP contribution is -2.36. The fraction of sp³-hybridized carbons (Fsp3) is 0.240. The summed E-state index contributed by atoms with van der Waals surface area (Å²) < 4.78 is 11.4. The molecule has 0 aliphatic carbocycles. The molecule has 0 bridgehead atoms. The van der Waals surface area contributed by atoms with Crippen LogP contribution in [-0.2, 0) is 11.2 Å². The molecule has 0 aliphatic rings. The lowest BCUT2D eigenvalue weighted by atomic mass is 10.1. The van der Waals surface area contributed by atoms with Gasteiger partial charge in [0.05, 0.1) is 0 Å². The molecule has 0 fully saturated rings. The number of hydrogen-bond acceptors (Lipinski definition) is 5. The molecule has 2 aromatic carbocycles. The van der Waals surface area contributed by atoms with Crippen LogP contribution in [0, 0.1) is 0 Å². The predicted octanol–water partition coefficient (Wildman–Crippen LogP) is 5.33. The van der Waals surface area contributed by atoms with Crippen molar-refractivity contribution in [2.75, 3.05) is 0 Å². The first-order valence-electron chi connectivity index (χ1n) is 10.6. The summed E-state index contributed by atoms with van der Waals surface area (Å²) >= 11 is 0. The van der Waals surface area contributed by atoms with Gasteiger partial charge < -0.3 is 24.6 Å². The SMILES string of the molecule is CC(C)(C)OC(=O)NC(Cc1ccccc1)c1nc(C(=O)O)c(-c2c[nH]c3ccccc23)o1. The summed E-state index contributed by atoms with van der Waals surface area (Å²) in [7, 11) is 0. The number of aromatic nitrogens is 2. The summed E-state index contributed by atoms with van der Waals surface area (Å²) in [6.45, 7) is 5.30. The van der Waals surface area contributed by atoms with Gasteiger partial charge in [0.2, 0.25) is 5.89 Å². The fourth-order valence-electron chi connectivity index (χ4n) is 3.57. The van der Waals surface area contributed by atoms with Crippen LogP contribution < -0.4 is 5.32 Å². The number of fused-ring (bicyclic) bond motifs is 1. The molecular weight excluding hydrogens is 422 g/mol. The van der Waals surface area contributed by atoms with Crippen LogP contribution in [0.4, 0.5) is 4.79 Å². The zero-order valence-electron chi connectivity index (χ0n) is 18.6. The lowest BCUT2D eigenvalue weighted by molar-refractivity contribution is 0.0495. The third-order valence-electron chi connectivity index (χ3n) is 4.95. The quantitative estimate of drug-likeness (QED) is 0.368. The minimum Gasteiger partial charge on any atom is -0.476 e. The van der Waals surface area contributed by atoms with Crippen molar-refractivity contribution in [2.45, 2.75) is 38.8 Å². The Balaban J connectivity index is 1.75. The number of para-hydroxylation sites is 1. The van der Waals surface area contributed by atoms with Crippen LogP contribution in [0.25, 0.3) is 22.2 Å². The maximum atomic E-state index is 12.5. The number of nitrogens with one attached hydrogen (secondary N) is 2. The number of hydrogen-bond donors (Lipinski definition) is 3. The van der Waals surface area contributed by atoms with Crippen molar-refractivity contribution in [3.8, 4) is 11.3 Å². The van der Waals surface area contributed by atoms with Crippen LogP contribution >= 0.6 is 0 Å². The number of aromatic amines is 1. The summed E-state index contributed by atoms with van der Waals surface area (Å²) in [5.74, 6) is -1.01.